The quantitative estimate of drug-likeness (QED) is 0.0204. The van der Waals surface area contributed by atoms with E-state index in [4.69, 9.17) is 20.9 Å². The zero-order valence-corrected chi connectivity index (χ0v) is 61.9. The summed E-state index contributed by atoms with van der Waals surface area (Å²) in [5.41, 5.74) is 16.6. The van der Waals surface area contributed by atoms with Gasteiger partial charge in [-0.2, -0.15) is 0 Å². The molecule has 4 aliphatic rings. The van der Waals surface area contributed by atoms with E-state index in [1.54, 1.807) is 36.4 Å². The Labute approximate surface area is 653 Å². The molecule has 10 aromatic rings. The molecule has 4 heterocycles. The molecule has 8 aromatic carbocycles. The lowest BCUT2D eigenvalue weighted by Crippen LogP contribution is -2.32. The van der Waals surface area contributed by atoms with Crippen LogP contribution in [0.25, 0.3) is 45.6 Å². The highest BCUT2D eigenvalue weighted by Crippen LogP contribution is 2.24. The maximum absolute atomic E-state index is 13.0. The molecule has 2 aromatic heterocycles. The Bertz CT molecular complexity index is 4690. The molecule has 0 spiro atoms. The fourth-order valence-electron chi connectivity index (χ4n) is 10.9. The second kappa shape index (κ2) is 45.1. The first kappa shape index (κ1) is 84.7. The van der Waals surface area contributed by atoms with Crippen molar-refractivity contribution in [2.75, 3.05) is 37.4 Å². The van der Waals surface area contributed by atoms with Crippen molar-refractivity contribution in [2.24, 2.45) is 5.73 Å². The SMILES string of the molecule is NCCOC1CC/C=C/CCC1.Nc1ccc(-c2nnc(-c3ccccc3)nn2)cc1.O=C(NCCOC1CC/C=C/CCC1)c1ccc([18F])cc1.O=C(Nc1ccc(-c2nnc(-c3ccccc3)nn2)cc1)c1ccc([18F])cc1.O=C(ON1C(=O)CCC1=O)c1ccc([18F])cc1.O=C(ON1C(=O)CCC1=O)c1ccc([18F])cc1. The number of nitrogens with one attached hydrogen (secondary N) is 2. The standard InChI is InChI=1S/C21H14FN5O.C17H22FNO2.C14H11N5.2C11H8FNO4.C10H19NO/c22-17-10-6-16(7-11-17)21(28)23-18-12-8-15(9-13-18)20-26-24-19(25-27-20)14-4-2-1-3-5-14;18-15-10-8-14(9-11-15)17(20)19-12-13-21-16-6-4-2-1-3-5-7-16;15-12-8-6-11(7-9-12)14-18-16-13(17-19-14)10-4-2-1-3-5-10;2*12-8-3-1-7(2-4-8)11(16)17-13-9(14)5-6-10(13)15;11-8-9-12-10-6-4-2-1-3-5-7-10/h1-13H,(H,23,28);1-2,8-11,16H,3-7,12-13H2,(H,19,20);1-9H,15H2;2*1-4H,5-6H2;1-2,10H,3-9,11H2/b;2-1+;;;;2-1+/i22-1;18-1;;2*12-1;. The van der Waals surface area contributed by atoms with Crippen molar-refractivity contribution in [3.8, 4) is 45.6 Å². The van der Waals surface area contributed by atoms with Crippen LogP contribution in [-0.4, -0.2) is 137 Å². The van der Waals surface area contributed by atoms with Gasteiger partial charge < -0.3 is 41.2 Å². The largest absolute Gasteiger partial charge is 0.399 e. The molecule has 6 N–H and O–H groups in total. The smallest absolute Gasteiger partial charge is 0.363 e. The molecular formula is C84H82F4N14O12. The van der Waals surface area contributed by atoms with E-state index in [0.717, 1.165) is 91.5 Å². The maximum Gasteiger partial charge on any atom is 0.363 e. The van der Waals surface area contributed by atoms with Crippen molar-refractivity contribution in [2.45, 2.75) is 102 Å². The molecular weight excluding hydrogens is 1470 g/mol. The summed E-state index contributed by atoms with van der Waals surface area (Å²) in [6.45, 7) is 2.35. The fourth-order valence-corrected chi connectivity index (χ4v) is 10.9. The van der Waals surface area contributed by atoms with Gasteiger partial charge in [0, 0.05) is 83.5 Å². The van der Waals surface area contributed by atoms with Crippen LogP contribution in [0.3, 0.4) is 0 Å². The molecule has 2 unspecified atom stereocenters. The van der Waals surface area contributed by atoms with E-state index in [2.05, 4.69) is 85.4 Å². The lowest BCUT2D eigenvalue weighted by atomic mass is 10.0. The van der Waals surface area contributed by atoms with Gasteiger partial charge in [-0.25, -0.2) is 27.2 Å². The molecule has 6 amide bonds. The minimum Gasteiger partial charge on any atom is -0.399 e. The summed E-state index contributed by atoms with van der Waals surface area (Å²) in [7, 11) is 0. The number of carbonyl (C=O) groups excluding carboxylic acids is 8. The summed E-state index contributed by atoms with van der Waals surface area (Å²) in [5, 5.41) is 39.3. The number of nitrogen functional groups attached to an aromatic ring is 1. The average molecular weight is 1550 g/mol. The third-order valence-corrected chi connectivity index (χ3v) is 17.0. The molecule has 30 heteroatoms. The van der Waals surface area contributed by atoms with Gasteiger partial charge in [-0.15, -0.1) is 50.9 Å². The highest BCUT2D eigenvalue weighted by atomic mass is 18.2. The Morgan fingerprint density at radius 2 is 0.711 bits per heavy atom. The molecule has 0 saturated carbocycles. The molecule has 588 valence electrons. The van der Waals surface area contributed by atoms with Crippen molar-refractivity contribution < 1.29 is 75.1 Å². The molecule has 0 radical (unpaired) electrons. The topological polar surface area (TPSA) is 359 Å². The second-order valence-corrected chi connectivity index (χ2v) is 25.4. The van der Waals surface area contributed by atoms with Crippen LogP contribution in [0.2, 0.25) is 0 Å². The number of nitrogens with two attached hydrogens (primary N) is 2. The summed E-state index contributed by atoms with van der Waals surface area (Å²) in [5.74, 6) is -4.32. The number of imide groups is 2. The van der Waals surface area contributed by atoms with Gasteiger partial charge in [0.25, 0.3) is 35.4 Å². The number of ether oxygens (including phenoxy) is 2. The van der Waals surface area contributed by atoms with Crippen molar-refractivity contribution in [3.63, 3.8) is 0 Å². The lowest BCUT2D eigenvalue weighted by molar-refractivity contribution is -0.173. The summed E-state index contributed by atoms with van der Waals surface area (Å²) < 4.78 is 62.4. The number of rotatable bonds is 18. The number of anilines is 2. The highest BCUT2D eigenvalue weighted by Gasteiger charge is 2.34. The second-order valence-electron chi connectivity index (χ2n) is 25.4. The van der Waals surface area contributed by atoms with Crippen LogP contribution in [0, 0.1) is 23.3 Å². The summed E-state index contributed by atoms with van der Waals surface area (Å²) in [6, 6.07) is 53.4. The third kappa shape index (κ3) is 27.9. The van der Waals surface area contributed by atoms with Crippen LogP contribution in [-0.2, 0) is 38.3 Å². The molecule has 2 aliphatic heterocycles. The van der Waals surface area contributed by atoms with Crippen LogP contribution in [0.1, 0.15) is 131 Å². The van der Waals surface area contributed by atoms with Crippen molar-refractivity contribution in [1.82, 2.24) is 56.2 Å². The first-order chi connectivity index (χ1) is 55.3. The Balaban J connectivity index is 0.000000159. The number of hydrogen-bond acceptors (Lipinski definition) is 22. The predicted molar refractivity (Wildman–Crippen MR) is 413 cm³/mol. The fraction of sp³-hybridized carbons (Fsp3) is 0.238. The molecule has 26 nitrogen and oxygen atoms in total. The van der Waals surface area contributed by atoms with Gasteiger partial charge in [-0.3, -0.25) is 28.8 Å². The first-order valence-corrected chi connectivity index (χ1v) is 36.6. The van der Waals surface area contributed by atoms with E-state index >= 15 is 0 Å². The molecule has 114 heavy (non-hydrogen) atoms. The molecule has 14 rings (SSSR count). The molecule has 2 fully saturated rings. The minimum absolute atomic E-state index is 0.0372. The van der Waals surface area contributed by atoms with Crippen LogP contribution in [0.5, 0.6) is 0 Å². The van der Waals surface area contributed by atoms with Gasteiger partial charge in [-0.1, -0.05) is 85.0 Å². The summed E-state index contributed by atoms with van der Waals surface area (Å²) in [4.78, 5) is 101. The third-order valence-electron chi connectivity index (χ3n) is 17.0. The Morgan fingerprint density at radius 1 is 0.386 bits per heavy atom. The zero-order valence-electron chi connectivity index (χ0n) is 61.9. The van der Waals surface area contributed by atoms with Gasteiger partial charge in [0.05, 0.1) is 36.5 Å². The van der Waals surface area contributed by atoms with Gasteiger partial charge in [0.2, 0.25) is 23.3 Å². The number of halogens is 4. The number of hydrogen-bond donors (Lipinski definition) is 4. The van der Waals surface area contributed by atoms with Gasteiger partial charge in [-0.05, 0) is 210 Å². The number of nitrogens with zero attached hydrogens (tertiary/aromatic N) is 10. The number of aromatic nitrogens is 8. The van der Waals surface area contributed by atoms with Crippen LogP contribution < -0.4 is 22.1 Å². The normalized spacial score (nSPS) is 15.5. The van der Waals surface area contributed by atoms with E-state index < -0.39 is 47.2 Å². The van der Waals surface area contributed by atoms with Crippen LogP contribution in [0.4, 0.5) is 28.9 Å². The van der Waals surface area contributed by atoms with E-state index in [1.807, 2.05) is 72.8 Å². The minimum atomic E-state index is -0.867. The highest BCUT2D eigenvalue weighted by molar-refractivity contribution is 6.05. The van der Waals surface area contributed by atoms with E-state index in [1.165, 1.54) is 92.1 Å². The molecule has 2 atom stereocenters. The van der Waals surface area contributed by atoms with E-state index in [0.29, 0.717) is 88.3 Å². The van der Waals surface area contributed by atoms with Crippen LogP contribution >= 0.6 is 0 Å². The Kier molecular flexibility index (Phi) is 33.5. The first-order valence-electron chi connectivity index (χ1n) is 36.6. The lowest BCUT2D eigenvalue weighted by Gasteiger charge is -2.18. The monoisotopic (exact) mass is 1550 g/mol. The predicted octanol–water partition coefficient (Wildman–Crippen LogP) is 13.6. The number of amides is 6. The van der Waals surface area contributed by atoms with Crippen molar-refractivity contribution in [3.05, 3.63) is 276 Å². The number of benzene rings is 8. The summed E-state index contributed by atoms with van der Waals surface area (Å²) in [6.07, 6.45) is 21.3. The van der Waals surface area contributed by atoms with E-state index in [9.17, 15) is 55.9 Å². The van der Waals surface area contributed by atoms with Gasteiger partial charge in [0.1, 0.15) is 23.3 Å². The average Bonchev–Trinajstić information content (AvgIpc) is 1.40. The maximum atomic E-state index is 13.0. The number of hydroxylamine groups is 4. The van der Waals surface area contributed by atoms with Gasteiger partial charge >= 0.3 is 11.9 Å². The van der Waals surface area contributed by atoms with Gasteiger partial charge in [0.15, 0.2) is 0 Å². The Morgan fingerprint density at radius 3 is 1.08 bits per heavy atom. The summed E-state index contributed by atoms with van der Waals surface area (Å²) >= 11 is 0. The van der Waals surface area contributed by atoms with Crippen molar-refractivity contribution in [1.29, 1.82) is 0 Å². The molecule has 0 bridgehead atoms. The number of carbonyl (C=O) groups is 8. The molecule has 2 saturated heterocycles. The van der Waals surface area contributed by atoms with Crippen molar-refractivity contribution >= 4 is 58.8 Å². The number of allylic oxidation sites excluding steroid dienone is 4. The van der Waals surface area contributed by atoms with Crippen LogP contribution in [0.15, 0.2) is 231 Å². The zero-order chi connectivity index (χ0) is 80.8. The van der Waals surface area contributed by atoms with E-state index in [-0.39, 0.29) is 66.4 Å². The molecule has 2 aliphatic carbocycles. The Hall–Kier alpha value is -13.3.